The van der Waals surface area contributed by atoms with Crippen LogP contribution >= 0.6 is 0 Å². The third-order valence-electron chi connectivity index (χ3n) is 3.67. The molecule has 3 nitrogen and oxygen atoms in total. The molecular weight excluding hydrogens is 210 g/mol. The van der Waals surface area contributed by atoms with Crippen molar-refractivity contribution in [1.82, 2.24) is 9.88 Å². The molecule has 0 bridgehead atoms. The molecule has 0 aromatic carbocycles. The second kappa shape index (κ2) is 6.01. The first-order valence-corrected chi connectivity index (χ1v) is 6.70. The van der Waals surface area contributed by atoms with Gasteiger partial charge >= 0.3 is 0 Å². The van der Waals surface area contributed by atoms with E-state index in [-0.39, 0.29) is 0 Å². The van der Waals surface area contributed by atoms with Crippen LogP contribution in [0.5, 0.6) is 0 Å². The molecular formula is C14H23N3. The van der Waals surface area contributed by atoms with Crippen molar-refractivity contribution in [3.05, 3.63) is 24.5 Å². The van der Waals surface area contributed by atoms with E-state index < -0.39 is 0 Å². The van der Waals surface area contributed by atoms with Crippen molar-refractivity contribution in [2.45, 2.75) is 32.7 Å². The van der Waals surface area contributed by atoms with E-state index in [0.717, 1.165) is 19.1 Å². The van der Waals surface area contributed by atoms with E-state index in [1.165, 1.54) is 31.6 Å². The van der Waals surface area contributed by atoms with Crippen LogP contribution in [0.1, 0.15) is 26.7 Å². The molecule has 17 heavy (non-hydrogen) atoms. The highest BCUT2D eigenvalue weighted by atomic mass is 15.3. The Balaban J connectivity index is 1.86. The quantitative estimate of drug-likeness (QED) is 0.796. The molecule has 1 aliphatic rings. The molecule has 94 valence electrons. The summed E-state index contributed by atoms with van der Waals surface area (Å²) in [4.78, 5) is 9.14. The van der Waals surface area contributed by atoms with E-state index in [0.29, 0.717) is 0 Å². The van der Waals surface area contributed by atoms with Crippen LogP contribution in [0.2, 0.25) is 0 Å². The van der Waals surface area contributed by atoms with Gasteiger partial charge in [-0.2, -0.15) is 0 Å². The first kappa shape index (κ1) is 12.4. The van der Waals surface area contributed by atoms with Gasteiger partial charge in [-0.05, 0) is 25.5 Å². The molecule has 2 heterocycles. The second-order valence-electron chi connectivity index (χ2n) is 4.87. The number of hydrogen-bond acceptors (Lipinski definition) is 3. The minimum atomic E-state index is 0.736. The summed E-state index contributed by atoms with van der Waals surface area (Å²) in [5.41, 5.74) is 1.31. The van der Waals surface area contributed by atoms with E-state index in [4.69, 9.17) is 0 Å². The fourth-order valence-electron chi connectivity index (χ4n) is 2.58. The molecule has 0 N–H and O–H groups in total. The number of hydrogen-bond donors (Lipinski definition) is 0. The van der Waals surface area contributed by atoms with Crippen LogP contribution in [0.4, 0.5) is 5.69 Å². The first-order valence-electron chi connectivity index (χ1n) is 6.70. The smallest absolute Gasteiger partial charge is 0.0397 e. The van der Waals surface area contributed by atoms with Gasteiger partial charge in [-0.1, -0.05) is 13.3 Å². The van der Waals surface area contributed by atoms with E-state index >= 15 is 0 Å². The summed E-state index contributed by atoms with van der Waals surface area (Å²) in [6, 6.07) is 4.94. The van der Waals surface area contributed by atoms with Gasteiger partial charge in [0, 0.05) is 50.3 Å². The summed E-state index contributed by atoms with van der Waals surface area (Å²) in [5, 5.41) is 0. The Kier molecular flexibility index (Phi) is 4.37. The fraction of sp³-hybridized carbons (Fsp3) is 0.643. The summed E-state index contributed by atoms with van der Waals surface area (Å²) in [6.45, 7) is 9.26. The predicted molar refractivity (Wildman–Crippen MR) is 72.4 cm³/mol. The van der Waals surface area contributed by atoms with Gasteiger partial charge in [0.25, 0.3) is 0 Å². The maximum atomic E-state index is 4.07. The minimum Gasteiger partial charge on any atom is -0.369 e. The molecule has 1 saturated heterocycles. The molecule has 0 radical (unpaired) electrons. The van der Waals surface area contributed by atoms with Crippen LogP contribution in [-0.2, 0) is 0 Å². The van der Waals surface area contributed by atoms with Crippen molar-refractivity contribution < 1.29 is 0 Å². The Morgan fingerprint density at radius 2 is 1.82 bits per heavy atom. The average molecular weight is 233 g/mol. The summed E-state index contributed by atoms with van der Waals surface area (Å²) < 4.78 is 0. The lowest BCUT2D eigenvalue weighted by atomic mass is 10.1. The van der Waals surface area contributed by atoms with E-state index in [9.17, 15) is 0 Å². The lowest BCUT2D eigenvalue weighted by Gasteiger charge is -2.39. The van der Waals surface area contributed by atoms with Crippen molar-refractivity contribution in [3.63, 3.8) is 0 Å². The van der Waals surface area contributed by atoms with Crippen LogP contribution in [0.3, 0.4) is 0 Å². The normalized spacial score (nSPS) is 19.3. The van der Waals surface area contributed by atoms with Gasteiger partial charge in [0.1, 0.15) is 0 Å². The van der Waals surface area contributed by atoms with Crippen LogP contribution in [0, 0.1) is 0 Å². The summed E-state index contributed by atoms with van der Waals surface area (Å²) in [5.74, 6) is 0. The minimum absolute atomic E-state index is 0.736. The highest BCUT2D eigenvalue weighted by Crippen LogP contribution is 2.16. The van der Waals surface area contributed by atoms with Gasteiger partial charge in [0.15, 0.2) is 0 Å². The molecule has 2 rings (SSSR count). The number of nitrogens with zero attached hydrogens (tertiary/aromatic N) is 3. The molecule has 0 spiro atoms. The number of anilines is 1. The summed E-state index contributed by atoms with van der Waals surface area (Å²) in [6.07, 6.45) is 6.35. The standard InChI is InChI=1S/C14H23N3/c1-3-4-13(2)16-9-11-17(12-10-16)14-5-7-15-8-6-14/h5-8,13H,3-4,9-12H2,1-2H3. The molecule has 1 fully saturated rings. The molecule has 1 atom stereocenters. The number of pyridine rings is 1. The van der Waals surface area contributed by atoms with Crippen molar-refractivity contribution >= 4 is 5.69 Å². The molecule has 1 unspecified atom stereocenters. The van der Waals surface area contributed by atoms with Crippen molar-refractivity contribution in [2.24, 2.45) is 0 Å². The molecule has 1 aliphatic heterocycles. The SMILES string of the molecule is CCCC(C)N1CCN(c2ccncc2)CC1. The predicted octanol–water partition coefficient (Wildman–Crippen LogP) is 2.39. The Morgan fingerprint density at radius 3 is 2.41 bits per heavy atom. The monoisotopic (exact) mass is 233 g/mol. The van der Waals surface area contributed by atoms with Crippen LogP contribution in [-0.4, -0.2) is 42.1 Å². The zero-order valence-electron chi connectivity index (χ0n) is 11.0. The van der Waals surface area contributed by atoms with E-state index in [2.05, 4.69) is 40.8 Å². The van der Waals surface area contributed by atoms with Crippen LogP contribution in [0.15, 0.2) is 24.5 Å². The second-order valence-corrected chi connectivity index (χ2v) is 4.87. The zero-order chi connectivity index (χ0) is 12.1. The van der Waals surface area contributed by atoms with E-state index in [1.54, 1.807) is 0 Å². The molecule has 1 aromatic heterocycles. The maximum absolute atomic E-state index is 4.07. The number of aromatic nitrogens is 1. The van der Waals surface area contributed by atoms with Crippen molar-refractivity contribution in [1.29, 1.82) is 0 Å². The fourth-order valence-corrected chi connectivity index (χ4v) is 2.58. The van der Waals surface area contributed by atoms with Crippen molar-refractivity contribution in [2.75, 3.05) is 31.1 Å². The van der Waals surface area contributed by atoms with Gasteiger partial charge in [-0.25, -0.2) is 0 Å². The Hall–Kier alpha value is -1.09. The van der Waals surface area contributed by atoms with E-state index in [1.807, 2.05) is 12.4 Å². The Bertz CT molecular complexity index is 317. The summed E-state index contributed by atoms with van der Waals surface area (Å²) >= 11 is 0. The Labute approximate surface area is 104 Å². The number of piperazine rings is 1. The van der Waals surface area contributed by atoms with Crippen LogP contribution in [0.25, 0.3) is 0 Å². The van der Waals surface area contributed by atoms with Gasteiger partial charge in [0.2, 0.25) is 0 Å². The van der Waals surface area contributed by atoms with Gasteiger partial charge in [-0.3, -0.25) is 9.88 Å². The van der Waals surface area contributed by atoms with Crippen LogP contribution < -0.4 is 4.90 Å². The molecule has 0 amide bonds. The van der Waals surface area contributed by atoms with Gasteiger partial charge < -0.3 is 4.90 Å². The molecule has 3 heteroatoms. The number of rotatable bonds is 4. The summed E-state index contributed by atoms with van der Waals surface area (Å²) in [7, 11) is 0. The molecule has 1 aromatic rings. The zero-order valence-corrected chi connectivity index (χ0v) is 11.0. The lowest BCUT2D eigenvalue weighted by Crippen LogP contribution is -2.49. The average Bonchev–Trinajstić information content (AvgIpc) is 2.40. The third kappa shape index (κ3) is 3.19. The Morgan fingerprint density at radius 1 is 1.18 bits per heavy atom. The lowest BCUT2D eigenvalue weighted by molar-refractivity contribution is 0.188. The largest absolute Gasteiger partial charge is 0.369 e. The first-order chi connectivity index (χ1) is 8.31. The highest BCUT2D eigenvalue weighted by molar-refractivity contribution is 5.44. The maximum Gasteiger partial charge on any atom is 0.0397 e. The third-order valence-corrected chi connectivity index (χ3v) is 3.67. The topological polar surface area (TPSA) is 19.4 Å². The highest BCUT2D eigenvalue weighted by Gasteiger charge is 2.20. The van der Waals surface area contributed by atoms with Gasteiger partial charge in [0.05, 0.1) is 0 Å². The van der Waals surface area contributed by atoms with Gasteiger partial charge in [-0.15, -0.1) is 0 Å². The van der Waals surface area contributed by atoms with Crippen molar-refractivity contribution in [3.8, 4) is 0 Å². The molecule has 0 aliphatic carbocycles. The molecule has 0 saturated carbocycles.